The van der Waals surface area contributed by atoms with E-state index in [1.54, 1.807) is 6.92 Å². The zero-order valence-corrected chi connectivity index (χ0v) is 13.3. The highest BCUT2D eigenvalue weighted by Gasteiger charge is 2.26. The van der Waals surface area contributed by atoms with Gasteiger partial charge in [0.2, 0.25) is 0 Å². The van der Waals surface area contributed by atoms with Gasteiger partial charge in [0.25, 0.3) is 0 Å². The molecule has 0 aromatic carbocycles. The molecule has 0 radical (unpaired) electrons. The Kier molecular flexibility index (Phi) is 4.56. The monoisotopic (exact) mass is 290 g/mol. The van der Waals surface area contributed by atoms with Gasteiger partial charge < -0.3 is 5.73 Å². The van der Waals surface area contributed by atoms with Crippen LogP contribution >= 0.6 is 11.3 Å². The minimum atomic E-state index is -3.04. The first kappa shape index (κ1) is 15.6. The van der Waals surface area contributed by atoms with Crippen LogP contribution in [-0.2, 0) is 21.0 Å². The van der Waals surface area contributed by atoms with Crippen molar-refractivity contribution in [3.63, 3.8) is 0 Å². The molecule has 1 atom stereocenters. The number of sulfone groups is 1. The van der Waals surface area contributed by atoms with Crippen molar-refractivity contribution in [2.24, 2.45) is 5.73 Å². The molecule has 0 aliphatic carbocycles. The van der Waals surface area contributed by atoms with E-state index < -0.39 is 9.84 Å². The predicted molar refractivity (Wildman–Crippen MR) is 76.6 cm³/mol. The Balaban J connectivity index is 3.19. The van der Waals surface area contributed by atoms with Gasteiger partial charge in [-0.3, -0.25) is 0 Å². The van der Waals surface area contributed by atoms with E-state index in [1.165, 1.54) is 11.3 Å². The van der Waals surface area contributed by atoms with E-state index in [2.05, 4.69) is 25.8 Å². The first-order chi connectivity index (χ1) is 8.07. The molecule has 0 saturated carbocycles. The maximum atomic E-state index is 11.6. The Labute approximate surface area is 114 Å². The van der Waals surface area contributed by atoms with E-state index in [0.717, 1.165) is 10.6 Å². The molecule has 104 valence electrons. The largest absolute Gasteiger partial charge is 0.323 e. The van der Waals surface area contributed by atoms with E-state index in [4.69, 9.17) is 5.73 Å². The zero-order chi connectivity index (χ0) is 14.1. The summed E-state index contributed by atoms with van der Waals surface area (Å²) >= 11 is 1.42. The van der Waals surface area contributed by atoms with Gasteiger partial charge in [-0.1, -0.05) is 27.7 Å². The average Bonchev–Trinajstić information content (AvgIpc) is 2.60. The van der Waals surface area contributed by atoms with Crippen LogP contribution in [0.4, 0.5) is 0 Å². The lowest BCUT2D eigenvalue weighted by Gasteiger charge is -2.18. The maximum absolute atomic E-state index is 11.6. The highest BCUT2D eigenvalue weighted by atomic mass is 32.2. The molecular weight excluding hydrogens is 268 g/mol. The fourth-order valence-electron chi connectivity index (χ4n) is 1.58. The summed E-state index contributed by atoms with van der Waals surface area (Å²) in [5.74, 6) is 0.162. The lowest BCUT2D eigenvalue weighted by atomic mass is 9.90. The van der Waals surface area contributed by atoms with Gasteiger partial charge in [-0.05, 0) is 6.92 Å². The Morgan fingerprint density at radius 3 is 2.28 bits per heavy atom. The summed E-state index contributed by atoms with van der Waals surface area (Å²) in [6.45, 7) is 9.74. The van der Waals surface area contributed by atoms with E-state index in [-0.39, 0.29) is 23.0 Å². The molecule has 18 heavy (non-hydrogen) atoms. The highest BCUT2D eigenvalue weighted by molar-refractivity contribution is 7.90. The lowest BCUT2D eigenvalue weighted by molar-refractivity contribution is 0.558. The van der Waals surface area contributed by atoms with Crippen molar-refractivity contribution in [3.8, 4) is 0 Å². The van der Waals surface area contributed by atoms with Gasteiger partial charge in [-0.15, -0.1) is 11.3 Å². The standard InChI is InChI=1S/C12H22N2O2S2/c1-6-18(15,16)7-9-14-11(12(3,4)5)10(17-9)8(2)13/h8H,6-7,13H2,1-5H3. The molecule has 0 amide bonds. The highest BCUT2D eigenvalue weighted by Crippen LogP contribution is 2.33. The second-order valence-electron chi connectivity index (χ2n) is 5.54. The summed E-state index contributed by atoms with van der Waals surface area (Å²) in [5, 5.41) is 0.647. The van der Waals surface area contributed by atoms with Crippen molar-refractivity contribution in [2.45, 2.75) is 51.8 Å². The molecule has 0 saturated heterocycles. The molecule has 0 spiro atoms. The van der Waals surface area contributed by atoms with Gasteiger partial charge in [0, 0.05) is 22.1 Å². The maximum Gasteiger partial charge on any atom is 0.156 e. The number of nitrogens with zero attached hydrogens (tertiary/aromatic N) is 1. The summed E-state index contributed by atoms with van der Waals surface area (Å²) in [6, 6.07) is -0.116. The van der Waals surface area contributed by atoms with Gasteiger partial charge >= 0.3 is 0 Å². The molecule has 2 N–H and O–H groups in total. The summed E-state index contributed by atoms with van der Waals surface area (Å²) in [5.41, 5.74) is 6.74. The van der Waals surface area contributed by atoms with Crippen LogP contribution in [0.2, 0.25) is 0 Å². The van der Waals surface area contributed by atoms with Crippen LogP contribution in [0, 0.1) is 0 Å². The van der Waals surface area contributed by atoms with Gasteiger partial charge in [0.1, 0.15) is 10.8 Å². The van der Waals surface area contributed by atoms with Crippen molar-refractivity contribution in [1.29, 1.82) is 0 Å². The minimum Gasteiger partial charge on any atom is -0.323 e. The Morgan fingerprint density at radius 1 is 1.39 bits per heavy atom. The molecule has 0 aliphatic heterocycles. The van der Waals surface area contributed by atoms with Crippen LogP contribution in [0.5, 0.6) is 0 Å². The Bertz CT molecular complexity index is 511. The van der Waals surface area contributed by atoms with Crippen LogP contribution in [0.3, 0.4) is 0 Å². The second-order valence-corrected chi connectivity index (χ2v) is 9.00. The molecule has 0 aliphatic rings. The number of hydrogen-bond acceptors (Lipinski definition) is 5. The molecule has 0 fully saturated rings. The van der Waals surface area contributed by atoms with Gasteiger partial charge in [0.05, 0.1) is 5.69 Å². The number of thiazole rings is 1. The van der Waals surface area contributed by atoms with Gasteiger partial charge in [0.15, 0.2) is 9.84 Å². The van der Waals surface area contributed by atoms with Crippen molar-refractivity contribution >= 4 is 21.2 Å². The molecule has 1 aromatic heterocycles. The topological polar surface area (TPSA) is 73.0 Å². The van der Waals surface area contributed by atoms with Crippen molar-refractivity contribution in [1.82, 2.24) is 4.98 Å². The minimum absolute atomic E-state index is 0.0178. The molecule has 6 heteroatoms. The Hall–Kier alpha value is -0.460. The van der Waals surface area contributed by atoms with Gasteiger partial charge in [-0.2, -0.15) is 0 Å². The normalized spacial score (nSPS) is 14.8. The number of rotatable bonds is 4. The summed E-state index contributed by atoms with van der Waals surface area (Å²) in [7, 11) is -3.04. The number of hydrogen-bond donors (Lipinski definition) is 1. The number of nitrogens with two attached hydrogens (primary N) is 1. The first-order valence-electron chi connectivity index (χ1n) is 6.03. The molecule has 1 heterocycles. The quantitative estimate of drug-likeness (QED) is 0.924. The van der Waals surface area contributed by atoms with Gasteiger partial charge in [-0.25, -0.2) is 13.4 Å². The first-order valence-corrected chi connectivity index (χ1v) is 8.66. The zero-order valence-electron chi connectivity index (χ0n) is 11.6. The van der Waals surface area contributed by atoms with Crippen LogP contribution in [0.25, 0.3) is 0 Å². The van der Waals surface area contributed by atoms with Crippen LogP contribution in [-0.4, -0.2) is 19.2 Å². The van der Waals surface area contributed by atoms with E-state index in [0.29, 0.717) is 5.01 Å². The van der Waals surface area contributed by atoms with Crippen LogP contribution in [0.1, 0.15) is 56.2 Å². The molecular formula is C12H22N2O2S2. The summed E-state index contributed by atoms with van der Waals surface area (Å²) < 4.78 is 23.3. The Morgan fingerprint density at radius 2 is 1.94 bits per heavy atom. The second kappa shape index (κ2) is 5.27. The third-order valence-electron chi connectivity index (χ3n) is 2.60. The number of aromatic nitrogens is 1. The van der Waals surface area contributed by atoms with E-state index >= 15 is 0 Å². The summed E-state index contributed by atoms with van der Waals surface area (Å²) in [6.07, 6.45) is 0. The molecule has 4 nitrogen and oxygen atoms in total. The molecule has 1 rings (SSSR count). The van der Waals surface area contributed by atoms with E-state index in [9.17, 15) is 8.42 Å². The smallest absolute Gasteiger partial charge is 0.156 e. The van der Waals surface area contributed by atoms with Crippen molar-refractivity contribution < 1.29 is 8.42 Å². The lowest BCUT2D eigenvalue weighted by Crippen LogP contribution is -2.17. The fourth-order valence-corrected chi connectivity index (χ4v) is 4.02. The summed E-state index contributed by atoms with van der Waals surface area (Å²) in [4.78, 5) is 5.48. The third-order valence-corrected chi connectivity index (χ3v) is 5.64. The predicted octanol–water partition coefficient (Wildman–Crippen LogP) is 2.40. The molecule has 1 unspecified atom stereocenters. The fraction of sp³-hybridized carbons (Fsp3) is 0.750. The van der Waals surface area contributed by atoms with Crippen molar-refractivity contribution in [2.75, 3.05) is 5.75 Å². The van der Waals surface area contributed by atoms with Crippen molar-refractivity contribution in [3.05, 3.63) is 15.6 Å². The van der Waals surface area contributed by atoms with E-state index in [1.807, 2.05) is 6.92 Å². The molecule has 0 bridgehead atoms. The average molecular weight is 290 g/mol. The third kappa shape index (κ3) is 3.76. The molecule has 1 aromatic rings. The van der Waals surface area contributed by atoms with Crippen LogP contribution < -0.4 is 5.73 Å². The van der Waals surface area contributed by atoms with Crippen LogP contribution in [0.15, 0.2) is 0 Å². The SMILES string of the molecule is CCS(=O)(=O)Cc1nc(C(C)(C)C)c(C(C)N)s1.